The third-order valence-corrected chi connectivity index (χ3v) is 7.64. The fourth-order valence-electron chi connectivity index (χ4n) is 5.17. The molecule has 0 amide bonds. The number of aromatic nitrogens is 3. The van der Waals surface area contributed by atoms with Gasteiger partial charge >= 0.3 is 0 Å². The van der Waals surface area contributed by atoms with Crippen LogP contribution in [0.15, 0.2) is 30.0 Å². The minimum absolute atomic E-state index is 0.212. The third-order valence-electron chi connectivity index (χ3n) is 6.73. The number of fused-ring (bicyclic) bond motifs is 1. The fourth-order valence-corrected chi connectivity index (χ4v) is 6.04. The van der Waals surface area contributed by atoms with Crippen molar-refractivity contribution in [3.05, 3.63) is 40.9 Å². The standard InChI is InChI=1S/C24H30FN5OS/c1-2-4-18(24-26-6-12-32-24)17-5-3-7-30(15-17)23-19-13-20(25)22(14-21(19)27-16-28-23)29-8-10-31-11-9-29/h6,12-14,16-18H,2-5,7-11,15H2,1H3. The average molecular weight is 456 g/mol. The second kappa shape index (κ2) is 9.67. The van der Waals surface area contributed by atoms with Gasteiger partial charge in [0, 0.05) is 49.1 Å². The molecule has 170 valence electrons. The molecule has 0 N–H and O–H groups in total. The topological polar surface area (TPSA) is 54.4 Å². The SMILES string of the molecule is CCCC(c1nccs1)C1CCCN(c2ncnc3cc(N4CCOCC4)c(F)cc23)C1. The third kappa shape index (κ3) is 4.30. The highest BCUT2D eigenvalue weighted by Gasteiger charge is 2.31. The molecular weight excluding hydrogens is 425 g/mol. The Bertz CT molecular complexity index is 1040. The van der Waals surface area contributed by atoms with Crippen LogP contribution < -0.4 is 9.80 Å². The van der Waals surface area contributed by atoms with Gasteiger partial charge in [0.15, 0.2) is 0 Å². The monoisotopic (exact) mass is 455 g/mol. The summed E-state index contributed by atoms with van der Waals surface area (Å²) in [5.41, 5.74) is 1.40. The van der Waals surface area contributed by atoms with E-state index in [2.05, 4.69) is 32.2 Å². The first kappa shape index (κ1) is 21.5. The number of halogens is 1. The van der Waals surface area contributed by atoms with Gasteiger partial charge in [0.25, 0.3) is 0 Å². The lowest BCUT2D eigenvalue weighted by Crippen LogP contribution is -2.38. The number of morpholine rings is 1. The van der Waals surface area contributed by atoms with Gasteiger partial charge in [0.2, 0.25) is 0 Å². The fraction of sp³-hybridized carbons (Fsp3) is 0.542. The van der Waals surface area contributed by atoms with Crippen LogP contribution in [0.4, 0.5) is 15.9 Å². The molecule has 0 spiro atoms. The number of hydrogen-bond acceptors (Lipinski definition) is 7. The van der Waals surface area contributed by atoms with Crippen LogP contribution in [0.25, 0.3) is 10.9 Å². The van der Waals surface area contributed by atoms with Crippen molar-refractivity contribution in [2.75, 3.05) is 49.2 Å². The van der Waals surface area contributed by atoms with Gasteiger partial charge in [0.1, 0.15) is 18.0 Å². The van der Waals surface area contributed by atoms with Gasteiger partial charge in [-0.1, -0.05) is 13.3 Å². The summed E-state index contributed by atoms with van der Waals surface area (Å²) in [6, 6.07) is 3.50. The summed E-state index contributed by atoms with van der Waals surface area (Å²) in [6.45, 7) is 6.75. The van der Waals surface area contributed by atoms with E-state index in [1.165, 1.54) is 11.4 Å². The number of rotatable bonds is 6. The van der Waals surface area contributed by atoms with Crippen LogP contribution in [-0.2, 0) is 4.74 Å². The Labute approximate surface area is 192 Å². The lowest BCUT2D eigenvalue weighted by molar-refractivity contribution is 0.122. The smallest absolute Gasteiger partial charge is 0.147 e. The van der Waals surface area contributed by atoms with E-state index in [1.54, 1.807) is 23.7 Å². The van der Waals surface area contributed by atoms with Gasteiger partial charge in [-0.05, 0) is 37.3 Å². The molecule has 2 aromatic heterocycles. The van der Waals surface area contributed by atoms with Gasteiger partial charge in [-0.25, -0.2) is 19.3 Å². The van der Waals surface area contributed by atoms with Crippen molar-refractivity contribution in [3.8, 4) is 0 Å². The minimum Gasteiger partial charge on any atom is -0.378 e. The zero-order valence-corrected chi connectivity index (χ0v) is 19.4. The van der Waals surface area contributed by atoms with Crippen LogP contribution >= 0.6 is 11.3 Å². The second-order valence-electron chi connectivity index (χ2n) is 8.73. The highest BCUT2D eigenvalue weighted by Crippen LogP contribution is 2.38. The molecule has 6 nitrogen and oxygen atoms in total. The molecule has 0 radical (unpaired) electrons. The van der Waals surface area contributed by atoms with Crippen LogP contribution in [0.5, 0.6) is 0 Å². The summed E-state index contributed by atoms with van der Waals surface area (Å²) in [5, 5.41) is 4.11. The molecule has 5 rings (SSSR count). The maximum atomic E-state index is 15.2. The Hall–Kier alpha value is -2.32. The van der Waals surface area contributed by atoms with E-state index in [-0.39, 0.29) is 5.82 Å². The molecule has 2 atom stereocenters. The van der Waals surface area contributed by atoms with Gasteiger partial charge in [0.05, 0.1) is 29.4 Å². The van der Waals surface area contributed by atoms with E-state index in [9.17, 15) is 0 Å². The molecule has 0 bridgehead atoms. The van der Waals surface area contributed by atoms with Gasteiger partial charge in [-0.15, -0.1) is 11.3 Å². The number of nitrogens with zero attached hydrogens (tertiary/aromatic N) is 5. The van der Waals surface area contributed by atoms with E-state index >= 15 is 4.39 Å². The molecule has 2 aliphatic heterocycles. The van der Waals surface area contributed by atoms with Crippen LogP contribution in [0.1, 0.15) is 43.5 Å². The van der Waals surface area contributed by atoms with Gasteiger partial charge in [-0.2, -0.15) is 0 Å². The molecule has 4 heterocycles. The lowest BCUT2D eigenvalue weighted by atomic mass is 9.83. The second-order valence-corrected chi connectivity index (χ2v) is 9.66. The predicted octanol–water partition coefficient (Wildman–Crippen LogP) is 4.86. The van der Waals surface area contributed by atoms with Crippen molar-refractivity contribution in [1.82, 2.24) is 15.0 Å². The first-order chi connectivity index (χ1) is 15.7. The molecule has 2 unspecified atom stereocenters. The molecule has 2 saturated heterocycles. The van der Waals surface area contributed by atoms with Crippen LogP contribution in [0, 0.1) is 11.7 Å². The summed E-state index contributed by atoms with van der Waals surface area (Å²) in [4.78, 5) is 18.1. The maximum absolute atomic E-state index is 15.2. The Kier molecular flexibility index (Phi) is 6.50. The zero-order valence-electron chi connectivity index (χ0n) is 18.5. The van der Waals surface area contributed by atoms with Crippen LogP contribution in [-0.4, -0.2) is 54.3 Å². The summed E-state index contributed by atoms with van der Waals surface area (Å²) in [6.07, 6.45) is 8.12. The highest BCUT2D eigenvalue weighted by atomic mass is 32.1. The number of benzene rings is 1. The number of piperidine rings is 1. The normalized spacial score (nSPS) is 20.6. The number of ether oxygens (including phenoxy) is 1. The van der Waals surface area contributed by atoms with Gasteiger partial charge < -0.3 is 14.5 Å². The molecule has 2 aliphatic rings. The van der Waals surface area contributed by atoms with E-state index in [1.807, 2.05) is 17.2 Å². The van der Waals surface area contributed by atoms with E-state index < -0.39 is 0 Å². The van der Waals surface area contributed by atoms with Crippen molar-refractivity contribution in [1.29, 1.82) is 0 Å². The van der Waals surface area contributed by atoms with Crippen molar-refractivity contribution < 1.29 is 9.13 Å². The first-order valence-corrected chi connectivity index (χ1v) is 12.5. The Morgan fingerprint density at radius 3 is 2.81 bits per heavy atom. The Morgan fingerprint density at radius 2 is 2.03 bits per heavy atom. The highest BCUT2D eigenvalue weighted by molar-refractivity contribution is 7.09. The summed E-state index contributed by atoms with van der Waals surface area (Å²) in [5.74, 6) is 1.63. The maximum Gasteiger partial charge on any atom is 0.147 e. The average Bonchev–Trinajstić information content (AvgIpc) is 3.37. The van der Waals surface area contributed by atoms with E-state index in [0.717, 1.165) is 49.1 Å². The van der Waals surface area contributed by atoms with Gasteiger partial charge in [-0.3, -0.25) is 0 Å². The number of hydrogen-bond donors (Lipinski definition) is 0. The minimum atomic E-state index is -0.212. The van der Waals surface area contributed by atoms with E-state index in [0.29, 0.717) is 43.8 Å². The number of thiazole rings is 1. The molecule has 1 aromatic carbocycles. The van der Waals surface area contributed by atoms with E-state index in [4.69, 9.17) is 4.74 Å². The van der Waals surface area contributed by atoms with Crippen molar-refractivity contribution in [3.63, 3.8) is 0 Å². The molecule has 32 heavy (non-hydrogen) atoms. The number of anilines is 2. The quantitative estimate of drug-likeness (QED) is 0.529. The molecule has 2 fully saturated rings. The summed E-state index contributed by atoms with van der Waals surface area (Å²) in [7, 11) is 0. The largest absolute Gasteiger partial charge is 0.378 e. The van der Waals surface area contributed by atoms with Crippen molar-refractivity contribution >= 4 is 33.7 Å². The molecule has 0 saturated carbocycles. The molecular formula is C24H30FN5OS. The Morgan fingerprint density at radius 1 is 1.16 bits per heavy atom. The predicted molar refractivity (Wildman–Crippen MR) is 127 cm³/mol. The van der Waals surface area contributed by atoms with Crippen LogP contribution in [0.3, 0.4) is 0 Å². The molecule has 8 heteroatoms. The Balaban J connectivity index is 1.44. The summed E-state index contributed by atoms with van der Waals surface area (Å²) < 4.78 is 20.6. The zero-order chi connectivity index (χ0) is 21.9. The molecule has 3 aromatic rings. The first-order valence-electron chi connectivity index (χ1n) is 11.7. The van der Waals surface area contributed by atoms with Crippen molar-refractivity contribution in [2.45, 2.75) is 38.5 Å². The molecule has 0 aliphatic carbocycles. The van der Waals surface area contributed by atoms with Crippen LogP contribution in [0.2, 0.25) is 0 Å². The lowest BCUT2D eigenvalue weighted by Gasteiger charge is -2.37. The summed E-state index contributed by atoms with van der Waals surface area (Å²) >= 11 is 1.76. The van der Waals surface area contributed by atoms with Crippen molar-refractivity contribution in [2.24, 2.45) is 5.92 Å².